The number of halogens is 2. The number of nitrogens with zero attached hydrogens (tertiary/aromatic N) is 1. The number of carbonyl (C=O) groups excluding carboxylic acids is 3. The van der Waals surface area contributed by atoms with Gasteiger partial charge >= 0.3 is 0 Å². The standard InChI is InChI=1S/C20H18Cl2N2O3/c21-16-9-14(10-17(22)11-16)7-8-23-20(27)15-3-1-13(2-4-15)12-24-18(25)5-6-19(24)26/h1-4,9-11H,5-8,12H2,(H,23,27). The van der Waals surface area contributed by atoms with Gasteiger partial charge in [0.15, 0.2) is 0 Å². The van der Waals surface area contributed by atoms with Gasteiger partial charge in [0.05, 0.1) is 6.54 Å². The zero-order chi connectivity index (χ0) is 19.4. The summed E-state index contributed by atoms with van der Waals surface area (Å²) in [4.78, 5) is 36.8. The molecule has 0 saturated carbocycles. The maximum atomic E-state index is 12.2. The Morgan fingerprint density at radius 3 is 2.11 bits per heavy atom. The second-order valence-electron chi connectivity index (χ2n) is 6.35. The van der Waals surface area contributed by atoms with Gasteiger partial charge in [-0.05, 0) is 47.9 Å². The first kappa shape index (κ1) is 19.4. The van der Waals surface area contributed by atoms with Gasteiger partial charge in [0.1, 0.15) is 0 Å². The minimum Gasteiger partial charge on any atom is -0.352 e. The third-order valence-corrected chi connectivity index (χ3v) is 4.77. The van der Waals surface area contributed by atoms with Crippen molar-refractivity contribution in [1.82, 2.24) is 10.2 Å². The van der Waals surface area contributed by atoms with Crippen LogP contribution in [0.2, 0.25) is 10.0 Å². The Morgan fingerprint density at radius 2 is 1.52 bits per heavy atom. The lowest BCUT2D eigenvalue weighted by atomic mass is 10.1. The van der Waals surface area contributed by atoms with Crippen molar-refractivity contribution < 1.29 is 14.4 Å². The summed E-state index contributed by atoms with van der Waals surface area (Å²) in [6.45, 7) is 0.698. The highest BCUT2D eigenvalue weighted by Gasteiger charge is 2.28. The van der Waals surface area contributed by atoms with E-state index in [1.165, 1.54) is 4.90 Å². The van der Waals surface area contributed by atoms with Crippen molar-refractivity contribution in [3.63, 3.8) is 0 Å². The molecule has 1 N–H and O–H groups in total. The number of carbonyl (C=O) groups is 3. The topological polar surface area (TPSA) is 66.5 Å². The van der Waals surface area contributed by atoms with Gasteiger partial charge in [0, 0.05) is 35.0 Å². The molecule has 0 atom stereocenters. The Morgan fingerprint density at radius 1 is 0.926 bits per heavy atom. The van der Waals surface area contributed by atoms with E-state index in [0.717, 1.165) is 11.1 Å². The first-order chi connectivity index (χ1) is 12.9. The van der Waals surface area contributed by atoms with Crippen LogP contribution in [0.4, 0.5) is 0 Å². The second-order valence-corrected chi connectivity index (χ2v) is 7.23. The summed E-state index contributed by atoms with van der Waals surface area (Å²) in [5.41, 5.74) is 2.27. The Bertz CT molecular complexity index is 845. The Kier molecular flexibility index (Phi) is 6.14. The highest BCUT2D eigenvalue weighted by molar-refractivity contribution is 6.34. The summed E-state index contributed by atoms with van der Waals surface area (Å²) in [5, 5.41) is 3.98. The summed E-state index contributed by atoms with van der Waals surface area (Å²) >= 11 is 11.9. The smallest absolute Gasteiger partial charge is 0.251 e. The largest absolute Gasteiger partial charge is 0.352 e. The summed E-state index contributed by atoms with van der Waals surface area (Å²) in [6, 6.07) is 12.2. The molecule has 27 heavy (non-hydrogen) atoms. The molecular weight excluding hydrogens is 387 g/mol. The van der Waals surface area contributed by atoms with Gasteiger partial charge in [-0.15, -0.1) is 0 Å². The molecule has 1 aliphatic rings. The summed E-state index contributed by atoms with van der Waals surface area (Å²) in [7, 11) is 0. The summed E-state index contributed by atoms with van der Waals surface area (Å²) in [5.74, 6) is -0.492. The summed E-state index contributed by atoms with van der Waals surface area (Å²) < 4.78 is 0. The molecule has 0 radical (unpaired) electrons. The first-order valence-electron chi connectivity index (χ1n) is 8.57. The van der Waals surface area contributed by atoms with Crippen molar-refractivity contribution in [2.45, 2.75) is 25.8 Å². The molecule has 0 bridgehead atoms. The van der Waals surface area contributed by atoms with Crippen LogP contribution in [0.25, 0.3) is 0 Å². The number of imide groups is 1. The molecule has 0 aromatic heterocycles. The Hall–Kier alpha value is -2.37. The van der Waals surface area contributed by atoms with E-state index in [4.69, 9.17) is 23.2 Å². The minimum atomic E-state index is -0.192. The monoisotopic (exact) mass is 404 g/mol. The van der Waals surface area contributed by atoms with E-state index in [1.54, 1.807) is 30.3 Å². The van der Waals surface area contributed by atoms with Gasteiger partial charge in [0.25, 0.3) is 5.91 Å². The SMILES string of the molecule is O=C(NCCc1cc(Cl)cc(Cl)c1)c1ccc(CN2C(=O)CCC2=O)cc1. The maximum absolute atomic E-state index is 12.2. The van der Waals surface area contributed by atoms with E-state index in [0.29, 0.717) is 28.6 Å². The molecule has 1 saturated heterocycles. The predicted molar refractivity (Wildman–Crippen MR) is 104 cm³/mol. The normalized spacial score (nSPS) is 13.9. The van der Waals surface area contributed by atoms with Crippen molar-refractivity contribution in [2.75, 3.05) is 6.54 Å². The molecule has 3 rings (SSSR count). The van der Waals surface area contributed by atoms with Crippen LogP contribution in [0.5, 0.6) is 0 Å². The van der Waals surface area contributed by atoms with Crippen LogP contribution < -0.4 is 5.32 Å². The van der Waals surface area contributed by atoms with Crippen LogP contribution in [-0.4, -0.2) is 29.2 Å². The molecule has 2 aromatic rings. The summed E-state index contributed by atoms with van der Waals surface area (Å²) in [6.07, 6.45) is 1.16. The number of rotatable bonds is 6. The van der Waals surface area contributed by atoms with Crippen molar-refractivity contribution in [3.05, 3.63) is 69.2 Å². The Labute approximate surface area is 167 Å². The highest BCUT2D eigenvalue weighted by Crippen LogP contribution is 2.19. The van der Waals surface area contributed by atoms with Crippen molar-refractivity contribution >= 4 is 40.9 Å². The number of benzene rings is 2. The quantitative estimate of drug-likeness (QED) is 0.747. The number of likely N-dealkylation sites (tertiary alicyclic amines) is 1. The lowest BCUT2D eigenvalue weighted by molar-refractivity contribution is -0.139. The van der Waals surface area contributed by atoms with E-state index in [1.807, 2.05) is 12.1 Å². The number of hydrogen-bond acceptors (Lipinski definition) is 3. The fourth-order valence-corrected chi connectivity index (χ4v) is 3.49. The molecular formula is C20H18Cl2N2O3. The molecule has 5 nitrogen and oxygen atoms in total. The van der Waals surface area contributed by atoms with E-state index in [-0.39, 0.29) is 37.1 Å². The fourth-order valence-electron chi connectivity index (χ4n) is 2.92. The van der Waals surface area contributed by atoms with Crippen LogP contribution >= 0.6 is 23.2 Å². The fraction of sp³-hybridized carbons (Fsp3) is 0.250. The van der Waals surface area contributed by atoms with Gasteiger partial charge in [0.2, 0.25) is 11.8 Å². The van der Waals surface area contributed by atoms with Crippen LogP contribution in [0.15, 0.2) is 42.5 Å². The molecule has 1 fully saturated rings. The molecule has 7 heteroatoms. The van der Waals surface area contributed by atoms with E-state index >= 15 is 0 Å². The molecule has 2 aromatic carbocycles. The third kappa shape index (κ3) is 5.08. The van der Waals surface area contributed by atoms with Crippen LogP contribution in [0, 0.1) is 0 Å². The zero-order valence-electron chi connectivity index (χ0n) is 14.5. The van der Waals surface area contributed by atoms with Crippen molar-refractivity contribution in [3.8, 4) is 0 Å². The van der Waals surface area contributed by atoms with Crippen LogP contribution in [0.1, 0.15) is 34.3 Å². The van der Waals surface area contributed by atoms with Crippen molar-refractivity contribution in [2.24, 2.45) is 0 Å². The number of nitrogens with one attached hydrogen (secondary N) is 1. The van der Waals surface area contributed by atoms with Crippen molar-refractivity contribution in [1.29, 1.82) is 0 Å². The average Bonchev–Trinajstić information content (AvgIpc) is 2.93. The van der Waals surface area contributed by atoms with Crippen LogP contribution in [-0.2, 0) is 22.6 Å². The van der Waals surface area contributed by atoms with Gasteiger partial charge in [-0.3, -0.25) is 19.3 Å². The number of hydrogen-bond donors (Lipinski definition) is 1. The van der Waals surface area contributed by atoms with Crippen LogP contribution in [0.3, 0.4) is 0 Å². The Balaban J connectivity index is 1.53. The van der Waals surface area contributed by atoms with E-state index in [2.05, 4.69) is 5.32 Å². The molecule has 0 unspecified atom stereocenters. The predicted octanol–water partition coefficient (Wildman–Crippen LogP) is 3.61. The maximum Gasteiger partial charge on any atom is 0.251 e. The highest BCUT2D eigenvalue weighted by atomic mass is 35.5. The van der Waals surface area contributed by atoms with Gasteiger partial charge < -0.3 is 5.32 Å². The lowest BCUT2D eigenvalue weighted by Crippen LogP contribution is -2.28. The van der Waals surface area contributed by atoms with E-state index < -0.39 is 0 Å². The van der Waals surface area contributed by atoms with Gasteiger partial charge in [-0.1, -0.05) is 35.3 Å². The molecule has 3 amide bonds. The third-order valence-electron chi connectivity index (χ3n) is 4.33. The molecule has 1 heterocycles. The lowest BCUT2D eigenvalue weighted by Gasteiger charge is -2.14. The second kappa shape index (κ2) is 8.55. The average molecular weight is 405 g/mol. The minimum absolute atomic E-state index is 0.150. The zero-order valence-corrected chi connectivity index (χ0v) is 16.0. The molecule has 0 spiro atoms. The van der Waals surface area contributed by atoms with Gasteiger partial charge in [-0.25, -0.2) is 0 Å². The molecule has 140 valence electrons. The number of amides is 3. The molecule has 1 aliphatic heterocycles. The van der Waals surface area contributed by atoms with Gasteiger partial charge in [-0.2, -0.15) is 0 Å². The van der Waals surface area contributed by atoms with E-state index in [9.17, 15) is 14.4 Å². The first-order valence-corrected chi connectivity index (χ1v) is 9.33. The molecule has 0 aliphatic carbocycles.